The van der Waals surface area contributed by atoms with Gasteiger partial charge in [-0.05, 0) is 0 Å². The van der Waals surface area contributed by atoms with Crippen LogP contribution in [0.25, 0.3) is 0 Å². The Hall–Kier alpha value is 3.08. The molecule has 0 aromatic carbocycles. The summed E-state index contributed by atoms with van der Waals surface area (Å²) in [6.07, 6.45) is -1.83. The van der Waals surface area contributed by atoms with Crippen LogP contribution in [0.5, 0.6) is 0 Å². The fourth-order valence-corrected chi connectivity index (χ4v) is 0. The molecule has 0 bridgehead atoms. The maximum absolute atomic E-state index is 8.88. The zero-order valence-corrected chi connectivity index (χ0v) is 5.89. The third kappa shape index (κ3) is 315. The Morgan fingerprint density at radius 3 is 0.857 bits per heavy atom. The van der Waals surface area contributed by atoms with E-state index in [0.29, 0.717) is 0 Å². The summed E-state index contributed by atoms with van der Waals surface area (Å²) in [7, 11) is -4.64. The van der Waals surface area contributed by atoms with Gasteiger partial charge >= 0.3 is 127 Å². The van der Waals surface area contributed by atoms with Crippen molar-refractivity contribution in [1.82, 2.24) is 0 Å². The van der Waals surface area contributed by atoms with Crippen LogP contribution in [0.3, 0.4) is 0 Å². The fourth-order valence-electron chi connectivity index (χ4n) is 0. The van der Waals surface area contributed by atoms with Crippen LogP contribution in [0, 0.1) is 0 Å². The Labute approximate surface area is 169 Å². The molecule has 84 valence electrons. The van der Waals surface area contributed by atoms with Crippen LogP contribution in [-0.2, 0) is 4.57 Å². The number of carboxylic acid groups (broad SMARTS) is 2. The van der Waals surface area contributed by atoms with E-state index in [1.807, 2.05) is 0 Å². The summed E-state index contributed by atoms with van der Waals surface area (Å²) in [6.45, 7) is 0. The van der Waals surface area contributed by atoms with E-state index in [-0.39, 0.29) is 124 Å². The Balaban J connectivity index is -0.0000000104. The van der Waals surface area contributed by atoms with Gasteiger partial charge in [0.25, 0.3) is 0 Å². The quantitative estimate of drug-likeness (QED) is 0.217. The van der Waals surface area contributed by atoms with Crippen LogP contribution >= 0.6 is 7.82 Å². The number of carbonyl (C=O) groups is 1. The zero-order chi connectivity index (χ0) is 8.08. The van der Waals surface area contributed by atoms with Gasteiger partial charge in [0.05, 0.1) is 0 Å². The summed E-state index contributed by atoms with van der Waals surface area (Å²) in [5.41, 5.74) is 0. The topological polar surface area (TPSA) is 198 Å². The van der Waals surface area contributed by atoms with Crippen molar-refractivity contribution in [1.29, 1.82) is 0 Å². The van der Waals surface area contributed by atoms with Crippen molar-refractivity contribution < 1.29 is 45.2 Å². The molecule has 0 aliphatic rings. The van der Waals surface area contributed by atoms with Gasteiger partial charge in [-0.2, -0.15) is 0 Å². The van der Waals surface area contributed by atoms with Crippen LogP contribution in [0.2, 0.25) is 0 Å². The Kier molecular flexibility index (Phi) is 77.8. The number of hydrogen-bond acceptors (Lipinski definition) is 2. The third-order valence-electron chi connectivity index (χ3n) is 0. The van der Waals surface area contributed by atoms with E-state index in [4.69, 9.17) is 34.3 Å². The van der Waals surface area contributed by atoms with E-state index in [9.17, 15) is 0 Å². The summed E-state index contributed by atoms with van der Waals surface area (Å²) >= 11 is 0. The molecule has 9 N–H and O–H groups in total. The van der Waals surface area contributed by atoms with E-state index in [2.05, 4.69) is 0 Å². The monoisotopic (exact) mass is 322 g/mol. The average Bonchev–Trinajstić information content (AvgIpc) is 1.19. The van der Waals surface area contributed by atoms with Crippen LogP contribution < -0.4 is 0 Å². The first-order valence-corrected chi connectivity index (χ1v) is 3.00. The van der Waals surface area contributed by atoms with Crippen molar-refractivity contribution in [2.24, 2.45) is 0 Å². The molecule has 0 aromatic heterocycles. The van der Waals surface area contributed by atoms with Gasteiger partial charge in [-0.15, -0.1) is 0 Å². The predicted molar refractivity (Wildman–Crippen MR) is 57.8 cm³/mol. The van der Waals surface area contributed by atoms with Crippen LogP contribution in [0.4, 0.5) is 4.79 Å². The van der Waals surface area contributed by atoms with Crippen molar-refractivity contribution in [3.05, 3.63) is 0 Å². The molecule has 14 heavy (non-hydrogen) atoms. The molecule has 0 fully saturated rings. The molecular weight excluding hydrogens is 307 g/mol. The first-order chi connectivity index (χ1) is 3.73. The minimum absolute atomic E-state index is 0. The van der Waals surface area contributed by atoms with Gasteiger partial charge in [0.15, 0.2) is 0 Å². The number of hydrogen-bond donors (Lipinski definition) is 5. The normalized spacial score (nSPS) is 5.93. The molecular formula is CH15Ca3O9P. The van der Waals surface area contributed by atoms with E-state index >= 15 is 0 Å². The fraction of sp³-hybridized carbons (Fsp3) is 0. The van der Waals surface area contributed by atoms with Gasteiger partial charge in [-0.3, -0.25) is 0 Å². The molecule has 0 amide bonds. The molecule has 13 heteroatoms. The maximum atomic E-state index is 8.88. The molecule has 9 nitrogen and oxygen atoms in total. The molecule has 0 atom stereocenters. The first kappa shape index (κ1) is 43.5. The van der Waals surface area contributed by atoms with Crippen molar-refractivity contribution in [2.75, 3.05) is 0 Å². The molecule has 0 spiro atoms. The zero-order valence-electron chi connectivity index (χ0n) is 5.00. The number of phosphoric acid groups is 1. The Morgan fingerprint density at radius 1 is 0.857 bits per heavy atom. The van der Waals surface area contributed by atoms with Crippen LogP contribution in [0.15, 0.2) is 0 Å². The van der Waals surface area contributed by atoms with Crippen LogP contribution in [0.1, 0.15) is 0 Å². The second-order valence-electron chi connectivity index (χ2n) is 0.796. The standard InChI is InChI=1S/CH2O3.3Ca.H3O4P.2H2O.6H/c2-1(3)4;;;;1-5(2,3)4;;;;;;;;/h(H2,2,3,4);;;;(H3,1,2,3,4);2*1H2;;;;;;. The second-order valence-corrected chi connectivity index (χ2v) is 1.82. The minimum atomic E-state index is -4.64. The third-order valence-corrected chi connectivity index (χ3v) is 0. The van der Waals surface area contributed by atoms with Gasteiger partial charge in [-0.25, -0.2) is 9.36 Å². The summed E-state index contributed by atoms with van der Waals surface area (Å²) in [5, 5.41) is 13.9. The van der Waals surface area contributed by atoms with Crippen molar-refractivity contribution in [2.45, 2.75) is 0 Å². The van der Waals surface area contributed by atoms with Gasteiger partial charge in [0.1, 0.15) is 0 Å². The summed E-state index contributed by atoms with van der Waals surface area (Å²) < 4.78 is 8.88. The van der Waals surface area contributed by atoms with Crippen molar-refractivity contribution in [3.63, 3.8) is 0 Å². The molecule has 0 rings (SSSR count). The van der Waals surface area contributed by atoms with Crippen molar-refractivity contribution >= 4 is 127 Å². The molecule has 0 saturated heterocycles. The van der Waals surface area contributed by atoms with Crippen LogP contribution in [-0.4, -0.2) is 155 Å². The molecule has 0 heterocycles. The predicted octanol–water partition coefficient (Wildman–Crippen LogP) is -5.10. The van der Waals surface area contributed by atoms with Gasteiger partial charge in [0.2, 0.25) is 0 Å². The molecule has 0 saturated carbocycles. The summed E-state index contributed by atoms with van der Waals surface area (Å²) in [6, 6.07) is 0. The number of rotatable bonds is 0. The SMILES string of the molecule is O.O.O=C(O)O.O=P(O)(O)O.[CaH2].[CaH2].[CaH2]. The van der Waals surface area contributed by atoms with E-state index in [0.717, 1.165) is 0 Å². The second kappa shape index (κ2) is 25.1. The van der Waals surface area contributed by atoms with E-state index in [1.165, 1.54) is 0 Å². The summed E-state index contributed by atoms with van der Waals surface area (Å²) in [4.78, 5) is 30.1. The van der Waals surface area contributed by atoms with E-state index in [1.54, 1.807) is 0 Å². The molecule has 0 aromatic rings. The Morgan fingerprint density at radius 2 is 0.857 bits per heavy atom. The first-order valence-electron chi connectivity index (χ1n) is 1.43. The average molecular weight is 322 g/mol. The molecule has 0 radical (unpaired) electrons. The van der Waals surface area contributed by atoms with Crippen molar-refractivity contribution in [3.8, 4) is 0 Å². The van der Waals surface area contributed by atoms with E-state index < -0.39 is 14.0 Å². The molecule has 0 aliphatic heterocycles. The van der Waals surface area contributed by atoms with Gasteiger partial charge < -0.3 is 35.8 Å². The van der Waals surface area contributed by atoms with Gasteiger partial charge in [0, 0.05) is 0 Å². The summed E-state index contributed by atoms with van der Waals surface area (Å²) in [5.74, 6) is 0. The van der Waals surface area contributed by atoms with Gasteiger partial charge in [-0.1, -0.05) is 0 Å². The molecule has 0 unspecified atom stereocenters. The molecule has 0 aliphatic carbocycles. The Bertz CT molecular complexity index is 120.